The molecule has 86 valence electrons. The van der Waals surface area contributed by atoms with Crippen LogP contribution in [0, 0.1) is 0 Å². The van der Waals surface area contributed by atoms with Crippen molar-refractivity contribution in [1.29, 1.82) is 0 Å². The van der Waals surface area contributed by atoms with Crippen molar-refractivity contribution in [3.63, 3.8) is 0 Å². The topological polar surface area (TPSA) is 104 Å². The maximum absolute atomic E-state index is 11.6. The zero-order chi connectivity index (χ0) is 11.6. The van der Waals surface area contributed by atoms with E-state index >= 15 is 0 Å². The van der Waals surface area contributed by atoms with Gasteiger partial charge in [-0.15, -0.1) is 0 Å². The fourth-order valence-electron chi connectivity index (χ4n) is 1.73. The predicted octanol–water partition coefficient (Wildman–Crippen LogP) is -1.79. The van der Waals surface area contributed by atoms with Crippen molar-refractivity contribution >= 4 is 11.8 Å². The van der Waals surface area contributed by atoms with Gasteiger partial charge in [0.1, 0.15) is 11.6 Å². The number of hydrogen-bond acceptors (Lipinski definition) is 4. The van der Waals surface area contributed by atoms with E-state index < -0.39 is 23.5 Å². The Hall–Kier alpha value is -1.14. The van der Waals surface area contributed by atoms with Gasteiger partial charge in [-0.1, -0.05) is 0 Å². The van der Waals surface area contributed by atoms with E-state index in [-0.39, 0.29) is 19.4 Å². The second-order valence-electron chi connectivity index (χ2n) is 3.95. The van der Waals surface area contributed by atoms with Crippen LogP contribution in [0.5, 0.6) is 0 Å². The second-order valence-corrected chi connectivity index (χ2v) is 3.95. The van der Waals surface area contributed by atoms with Crippen LogP contribution in [0.15, 0.2) is 0 Å². The lowest BCUT2D eigenvalue weighted by Gasteiger charge is -2.25. The lowest BCUT2D eigenvalue weighted by molar-refractivity contribution is -0.146. The smallest absolute Gasteiger partial charge is 0.254 e. The molecule has 2 unspecified atom stereocenters. The number of nitrogens with zero attached hydrogens (tertiary/aromatic N) is 1. The van der Waals surface area contributed by atoms with Crippen molar-refractivity contribution in [1.82, 2.24) is 4.90 Å². The molecule has 15 heavy (non-hydrogen) atoms. The number of carbonyl (C=O) groups excluding carboxylic acids is 2. The summed E-state index contributed by atoms with van der Waals surface area (Å²) in [7, 11) is 0. The highest BCUT2D eigenvalue weighted by atomic mass is 16.3. The number of aliphatic hydroxyl groups excluding tert-OH is 1. The van der Waals surface area contributed by atoms with Crippen molar-refractivity contribution in [3.05, 3.63) is 0 Å². The first-order valence-electron chi connectivity index (χ1n) is 4.84. The van der Waals surface area contributed by atoms with Gasteiger partial charge in [-0.2, -0.15) is 0 Å². The molecule has 4 N–H and O–H groups in total. The maximum Gasteiger partial charge on any atom is 0.254 e. The van der Waals surface area contributed by atoms with Crippen LogP contribution in [0.3, 0.4) is 0 Å². The lowest BCUT2D eigenvalue weighted by atomic mass is 10.1. The highest BCUT2D eigenvalue weighted by molar-refractivity contribution is 5.92. The third-order valence-corrected chi connectivity index (χ3v) is 2.67. The van der Waals surface area contributed by atoms with Crippen molar-refractivity contribution in [2.24, 2.45) is 5.73 Å². The molecule has 0 spiro atoms. The molecule has 0 bridgehead atoms. The molecule has 0 aromatic heterocycles. The summed E-state index contributed by atoms with van der Waals surface area (Å²) < 4.78 is 0. The molecular formula is C9H16N2O4. The van der Waals surface area contributed by atoms with E-state index in [1.54, 1.807) is 0 Å². The van der Waals surface area contributed by atoms with Crippen molar-refractivity contribution in [2.75, 3.05) is 13.2 Å². The molecule has 1 fully saturated rings. The molecule has 1 rings (SSSR count). The van der Waals surface area contributed by atoms with Gasteiger partial charge in [0.2, 0.25) is 5.91 Å². The Bertz CT molecular complexity index is 277. The van der Waals surface area contributed by atoms with Gasteiger partial charge in [0.15, 0.2) is 0 Å². The molecule has 2 atom stereocenters. The van der Waals surface area contributed by atoms with Crippen molar-refractivity contribution < 1.29 is 19.8 Å². The van der Waals surface area contributed by atoms with Crippen LogP contribution in [-0.4, -0.2) is 51.7 Å². The zero-order valence-electron chi connectivity index (χ0n) is 8.64. The van der Waals surface area contributed by atoms with Crippen molar-refractivity contribution in [3.8, 4) is 0 Å². The number of rotatable bonds is 4. The SMILES string of the molecule is CC1(O)CCN(C(CCO)C(N)=O)C1=O. The van der Waals surface area contributed by atoms with E-state index in [4.69, 9.17) is 10.8 Å². The molecule has 0 saturated carbocycles. The van der Waals surface area contributed by atoms with Crippen molar-refractivity contribution in [2.45, 2.75) is 31.4 Å². The predicted molar refractivity (Wildman–Crippen MR) is 51.6 cm³/mol. The first-order chi connectivity index (χ1) is 6.90. The molecule has 6 nitrogen and oxygen atoms in total. The standard InChI is InChI=1S/C9H16N2O4/c1-9(15)3-4-11(8(9)14)6(2-5-12)7(10)13/h6,12,15H,2-5H2,1H3,(H2,10,13). The van der Waals surface area contributed by atoms with E-state index in [1.165, 1.54) is 11.8 Å². The first-order valence-corrected chi connectivity index (χ1v) is 4.84. The average Bonchev–Trinajstić information content (AvgIpc) is 2.39. The quantitative estimate of drug-likeness (QED) is 0.516. The fourth-order valence-corrected chi connectivity index (χ4v) is 1.73. The van der Waals surface area contributed by atoms with Gasteiger partial charge in [-0.3, -0.25) is 9.59 Å². The Morgan fingerprint density at radius 3 is 2.67 bits per heavy atom. The average molecular weight is 216 g/mol. The van der Waals surface area contributed by atoms with Crippen LogP contribution in [0.1, 0.15) is 19.8 Å². The molecule has 1 aliphatic rings. The van der Waals surface area contributed by atoms with Crippen LogP contribution in [-0.2, 0) is 9.59 Å². The summed E-state index contributed by atoms with van der Waals surface area (Å²) in [5.41, 5.74) is 3.71. The van der Waals surface area contributed by atoms with E-state index in [9.17, 15) is 14.7 Å². The van der Waals surface area contributed by atoms with Gasteiger partial charge in [0, 0.05) is 19.6 Å². The van der Waals surface area contributed by atoms with Crippen LogP contribution >= 0.6 is 0 Å². The summed E-state index contributed by atoms with van der Waals surface area (Å²) in [6.07, 6.45) is 0.387. The summed E-state index contributed by atoms with van der Waals surface area (Å²) in [5, 5.41) is 18.4. The van der Waals surface area contributed by atoms with E-state index in [0.717, 1.165) is 0 Å². The lowest BCUT2D eigenvalue weighted by Crippen LogP contribution is -2.49. The van der Waals surface area contributed by atoms with Crippen LogP contribution in [0.4, 0.5) is 0 Å². The zero-order valence-corrected chi connectivity index (χ0v) is 8.64. The first kappa shape index (κ1) is 11.9. The summed E-state index contributed by atoms with van der Waals surface area (Å²) >= 11 is 0. The van der Waals surface area contributed by atoms with E-state index in [0.29, 0.717) is 6.54 Å². The number of likely N-dealkylation sites (tertiary alicyclic amines) is 1. The minimum atomic E-state index is -1.41. The van der Waals surface area contributed by atoms with Crippen LogP contribution in [0.25, 0.3) is 0 Å². The van der Waals surface area contributed by atoms with E-state index in [1.807, 2.05) is 0 Å². The molecule has 6 heteroatoms. The van der Waals surface area contributed by atoms with Gasteiger partial charge in [-0.05, 0) is 13.3 Å². The normalized spacial score (nSPS) is 28.2. The Morgan fingerprint density at radius 1 is 1.73 bits per heavy atom. The molecule has 1 aliphatic heterocycles. The monoisotopic (exact) mass is 216 g/mol. The molecular weight excluding hydrogens is 200 g/mol. The molecule has 0 aliphatic carbocycles. The maximum atomic E-state index is 11.6. The minimum Gasteiger partial charge on any atom is -0.396 e. The Labute approximate surface area is 87.7 Å². The molecule has 0 radical (unpaired) electrons. The highest BCUT2D eigenvalue weighted by Crippen LogP contribution is 2.24. The minimum absolute atomic E-state index is 0.108. The largest absolute Gasteiger partial charge is 0.396 e. The van der Waals surface area contributed by atoms with Gasteiger partial charge in [0.25, 0.3) is 5.91 Å². The number of nitrogens with two attached hydrogens (primary N) is 1. The molecule has 2 amide bonds. The second kappa shape index (κ2) is 4.16. The van der Waals surface area contributed by atoms with Gasteiger partial charge < -0.3 is 20.8 Å². The molecule has 1 saturated heterocycles. The number of carbonyl (C=O) groups is 2. The van der Waals surface area contributed by atoms with Gasteiger partial charge in [-0.25, -0.2) is 0 Å². The van der Waals surface area contributed by atoms with Crippen LogP contribution < -0.4 is 5.73 Å². The Kier molecular flexibility index (Phi) is 3.31. The number of hydrogen-bond donors (Lipinski definition) is 3. The number of primary amides is 1. The summed E-state index contributed by atoms with van der Waals surface area (Å²) in [5.74, 6) is -1.16. The highest BCUT2D eigenvalue weighted by Gasteiger charge is 2.44. The fraction of sp³-hybridized carbons (Fsp3) is 0.778. The molecule has 0 aromatic carbocycles. The van der Waals surface area contributed by atoms with Gasteiger partial charge >= 0.3 is 0 Å². The number of amides is 2. The van der Waals surface area contributed by atoms with Gasteiger partial charge in [0.05, 0.1) is 0 Å². The summed E-state index contributed by atoms with van der Waals surface area (Å²) in [4.78, 5) is 23.9. The number of aliphatic hydroxyl groups is 2. The van der Waals surface area contributed by atoms with Crippen LogP contribution in [0.2, 0.25) is 0 Å². The summed E-state index contributed by atoms with van der Waals surface area (Å²) in [6, 6.07) is -0.823. The Balaban J connectivity index is 2.79. The third kappa shape index (κ3) is 2.27. The molecule has 1 heterocycles. The Morgan fingerprint density at radius 2 is 2.33 bits per heavy atom. The third-order valence-electron chi connectivity index (χ3n) is 2.67. The van der Waals surface area contributed by atoms with E-state index in [2.05, 4.69) is 0 Å². The summed E-state index contributed by atoms with van der Waals surface area (Å²) in [6.45, 7) is 1.48. The molecule has 0 aromatic rings.